The van der Waals surface area contributed by atoms with Crippen molar-refractivity contribution in [3.05, 3.63) is 132 Å². The molecular formula is C30H28N4+2. The molecule has 0 amide bonds. The number of rotatable bonds is 7. The topological polar surface area (TPSA) is 33.5 Å². The lowest BCUT2D eigenvalue weighted by Crippen LogP contribution is -2.25. The van der Waals surface area contributed by atoms with Crippen molar-refractivity contribution in [3.8, 4) is 11.4 Å². The molecule has 4 heteroatoms. The Morgan fingerprint density at radius 2 is 0.853 bits per heavy atom. The summed E-state index contributed by atoms with van der Waals surface area (Å²) in [5.41, 5.74) is 6.20. The van der Waals surface area contributed by atoms with Crippen LogP contribution >= 0.6 is 0 Å². The minimum atomic E-state index is 0.852. The molecule has 0 saturated heterocycles. The van der Waals surface area contributed by atoms with Crippen molar-refractivity contribution in [1.29, 1.82) is 0 Å². The summed E-state index contributed by atoms with van der Waals surface area (Å²) in [6.07, 6.45) is 28.3. The molecule has 4 aromatic heterocycles. The van der Waals surface area contributed by atoms with E-state index in [1.54, 1.807) is 0 Å². The van der Waals surface area contributed by atoms with E-state index >= 15 is 0 Å². The average molecular weight is 445 g/mol. The van der Waals surface area contributed by atoms with Crippen molar-refractivity contribution in [2.75, 3.05) is 0 Å². The Hall–Kier alpha value is -4.44. The van der Waals surface area contributed by atoms with Crippen molar-refractivity contribution >= 4 is 24.3 Å². The van der Waals surface area contributed by atoms with Gasteiger partial charge in [0.2, 0.25) is 0 Å². The van der Waals surface area contributed by atoms with Gasteiger partial charge in [0, 0.05) is 36.7 Å². The SMILES string of the molecule is C[n+]1ccc(/C=C/C=C/c2ccnc(-c3cc(/C=C/C=C/c4cc[n+](C)cc4)ccn3)c2)cc1. The molecule has 0 aliphatic heterocycles. The molecular weight excluding hydrogens is 416 g/mol. The highest BCUT2D eigenvalue weighted by Crippen LogP contribution is 2.18. The van der Waals surface area contributed by atoms with Gasteiger partial charge in [-0.1, -0.05) is 48.6 Å². The first-order chi connectivity index (χ1) is 16.7. The molecule has 4 heterocycles. The Balaban J connectivity index is 1.42. The molecule has 0 radical (unpaired) electrons. The normalized spacial score (nSPS) is 11.9. The Kier molecular flexibility index (Phi) is 7.65. The lowest BCUT2D eigenvalue weighted by Gasteiger charge is -2.02. The van der Waals surface area contributed by atoms with Crippen molar-refractivity contribution in [3.63, 3.8) is 0 Å². The van der Waals surface area contributed by atoms with Crippen LogP contribution in [0, 0.1) is 0 Å². The van der Waals surface area contributed by atoms with Gasteiger partial charge >= 0.3 is 0 Å². The number of aromatic nitrogens is 4. The third-order valence-corrected chi connectivity index (χ3v) is 5.22. The number of allylic oxidation sites excluding steroid dienone is 4. The molecule has 4 rings (SSSR count). The largest absolute Gasteiger partial charge is 0.255 e. The van der Waals surface area contributed by atoms with E-state index in [0.29, 0.717) is 0 Å². The minimum Gasteiger partial charge on any atom is -0.255 e. The maximum absolute atomic E-state index is 4.52. The first-order valence-electron chi connectivity index (χ1n) is 11.2. The van der Waals surface area contributed by atoms with Crippen molar-refractivity contribution in [1.82, 2.24) is 9.97 Å². The first-order valence-corrected chi connectivity index (χ1v) is 11.2. The lowest BCUT2D eigenvalue weighted by molar-refractivity contribution is -0.671. The summed E-state index contributed by atoms with van der Waals surface area (Å²) in [7, 11) is 4.02. The van der Waals surface area contributed by atoms with E-state index < -0.39 is 0 Å². The fourth-order valence-electron chi connectivity index (χ4n) is 3.30. The third kappa shape index (κ3) is 6.78. The van der Waals surface area contributed by atoms with Crippen LogP contribution in [0.5, 0.6) is 0 Å². The fourth-order valence-corrected chi connectivity index (χ4v) is 3.30. The number of pyridine rings is 4. The quantitative estimate of drug-likeness (QED) is 0.288. The van der Waals surface area contributed by atoms with Crippen LogP contribution in [0.3, 0.4) is 0 Å². The summed E-state index contributed by atoms with van der Waals surface area (Å²) < 4.78 is 4.04. The summed E-state index contributed by atoms with van der Waals surface area (Å²) in [4.78, 5) is 9.04. The van der Waals surface area contributed by atoms with Gasteiger partial charge in [-0.15, -0.1) is 0 Å². The molecule has 0 aromatic carbocycles. The van der Waals surface area contributed by atoms with Crippen LogP contribution in [0.15, 0.2) is 110 Å². The van der Waals surface area contributed by atoms with Gasteiger partial charge in [0.25, 0.3) is 0 Å². The van der Waals surface area contributed by atoms with Gasteiger partial charge in [-0.3, -0.25) is 9.97 Å². The lowest BCUT2D eigenvalue weighted by atomic mass is 10.1. The zero-order chi connectivity index (χ0) is 23.6. The highest BCUT2D eigenvalue weighted by atomic mass is 14.9. The second kappa shape index (κ2) is 11.4. The molecule has 0 saturated carbocycles. The van der Waals surface area contributed by atoms with Crippen molar-refractivity contribution < 1.29 is 9.13 Å². The van der Waals surface area contributed by atoms with Gasteiger partial charge in [0.1, 0.15) is 14.1 Å². The van der Waals surface area contributed by atoms with E-state index in [4.69, 9.17) is 0 Å². The van der Waals surface area contributed by atoms with E-state index in [1.165, 1.54) is 11.1 Å². The Morgan fingerprint density at radius 3 is 1.24 bits per heavy atom. The molecule has 0 bridgehead atoms. The molecule has 0 aliphatic carbocycles. The van der Waals surface area contributed by atoms with E-state index in [0.717, 1.165) is 22.5 Å². The second-order valence-corrected chi connectivity index (χ2v) is 7.98. The molecule has 4 nitrogen and oxygen atoms in total. The van der Waals surface area contributed by atoms with Crippen molar-refractivity contribution in [2.24, 2.45) is 14.1 Å². The highest BCUT2D eigenvalue weighted by Gasteiger charge is 2.02. The molecule has 0 aliphatic rings. The highest BCUT2D eigenvalue weighted by molar-refractivity contribution is 5.65. The number of nitrogens with zero attached hydrogens (tertiary/aromatic N) is 4. The van der Waals surface area contributed by atoms with Gasteiger partial charge in [-0.05, 0) is 46.5 Å². The second-order valence-electron chi connectivity index (χ2n) is 7.98. The van der Waals surface area contributed by atoms with Gasteiger partial charge in [0.15, 0.2) is 24.8 Å². The standard InChI is InChI=1S/C30H28N4/c1-33-19-13-25(14-20-33)7-3-5-9-27-11-17-31-29(23-27)30-24-28(12-18-32-30)10-6-4-8-26-15-21-34(2)22-16-26/h3-24H,1-2H3/q+2/b7-3+,8-4+,9-5+,10-6+. The Morgan fingerprint density at radius 1 is 0.500 bits per heavy atom. The summed E-state index contributed by atoms with van der Waals surface area (Å²) in [5, 5.41) is 0. The molecule has 0 fully saturated rings. The summed E-state index contributed by atoms with van der Waals surface area (Å²) >= 11 is 0. The van der Waals surface area contributed by atoms with Gasteiger partial charge in [-0.2, -0.15) is 0 Å². The van der Waals surface area contributed by atoms with Crippen LogP contribution in [-0.4, -0.2) is 9.97 Å². The van der Waals surface area contributed by atoms with Crippen LogP contribution in [0.2, 0.25) is 0 Å². The third-order valence-electron chi connectivity index (χ3n) is 5.22. The van der Waals surface area contributed by atoms with Gasteiger partial charge in [-0.25, -0.2) is 9.13 Å². The van der Waals surface area contributed by atoms with Crippen LogP contribution in [-0.2, 0) is 14.1 Å². The van der Waals surface area contributed by atoms with Crippen LogP contribution in [0.4, 0.5) is 0 Å². The fraction of sp³-hybridized carbons (Fsp3) is 0.0667. The van der Waals surface area contributed by atoms with Crippen LogP contribution < -0.4 is 9.13 Å². The molecule has 0 unspecified atom stereocenters. The van der Waals surface area contributed by atoms with E-state index in [2.05, 4.69) is 70.7 Å². The van der Waals surface area contributed by atoms with Crippen molar-refractivity contribution in [2.45, 2.75) is 0 Å². The summed E-state index contributed by atoms with van der Waals surface area (Å²) in [5.74, 6) is 0. The van der Waals surface area contributed by atoms with E-state index in [9.17, 15) is 0 Å². The number of aryl methyl sites for hydroxylation is 2. The zero-order valence-corrected chi connectivity index (χ0v) is 19.5. The summed E-state index contributed by atoms with van der Waals surface area (Å²) in [6.45, 7) is 0. The smallest absolute Gasteiger partial charge is 0.169 e. The van der Waals surface area contributed by atoms with Crippen LogP contribution in [0.25, 0.3) is 35.7 Å². The molecule has 166 valence electrons. The minimum absolute atomic E-state index is 0.852. The monoisotopic (exact) mass is 444 g/mol. The predicted molar refractivity (Wildman–Crippen MR) is 139 cm³/mol. The molecule has 0 N–H and O–H groups in total. The molecule has 0 spiro atoms. The Labute approximate surface area is 201 Å². The summed E-state index contributed by atoms with van der Waals surface area (Å²) in [6, 6.07) is 16.4. The van der Waals surface area contributed by atoms with Gasteiger partial charge < -0.3 is 0 Å². The molecule has 34 heavy (non-hydrogen) atoms. The zero-order valence-electron chi connectivity index (χ0n) is 19.5. The van der Waals surface area contributed by atoms with Gasteiger partial charge in [0.05, 0.1) is 11.4 Å². The maximum atomic E-state index is 4.52. The Bertz CT molecular complexity index is 1240. The molecule has 0 atom stereocenters. The number of hydrogen-bond acceptors (Lipinski definition) is 2. The maximum Gasteiger partial charge on any atom is 0.169 e. The number of hydrogen-bond donors (Lipinski definition) is 0. The average Bonchev–Trinajstić information content (AvgIpc) is 2.87. The predicted octanol–water partition coefficient (Wildman–Crippen LogP) is 5.25. The molecule has 4 aromatic rings. The van der Waals surface area contributed by atoms with E-state index in [-0.39, 0.29) is 0 Å². The van der Waals surface area contributed by atoms with E-state index in [1.807, 2.05) is 96.8 Å². The first kappa shape index (κ1) is 22.7. The van der Waals surface area contributed by atoms with Crippen LogP contribution in [0.1, 0.15) is 22.3 Å².